The number of carbonyl (C=O) groups excluding carboxylic acids is 1. The molecule has 1 aliphatic rings. The minimum atomic E-state index is -3.76. The highest BCUT2D eigenvalue weighted by molar-refractivity contribution is 7.89. The van der Waals surface area contributed by atoms with Crippen LogP contribution in [0.3, 0.4) is 0 Å². The summed E-state index contributed by atoms with van der Waals surface area (Å²) in [4.78, 5) is 12.5. The van der Waals surface area contributed by atoms with Gasteiger partial charge in [0, 0.05) is 18.7 Å². The van der Waals surface area contributed by atoms with Crippen molar-refractivity contribution in [3.8, 4) is 0 Å². The van der Waals surface area contributed by atoms with Crippen molar-refractivity contribution in [1.29, 1.82) is 0 Å². The van der Waals surface area contributed by atoms with Crippen LogP contribution in [0.25, 0.3) is 0 Å². The lowest BCUT2D eigenvalue weighted by Crippen LogP contribution is -2.36. The zero-order valence-corrected chi connectivity index (χ0v) is 16.3. The first kappa shape index (κ1) is 19.3. The molecule has 148 valence electrons. The van der Waals surface area contributed by atoms with Gasteiger partial charge in [0.2, 0.25) is 10.0 Å². The Morgan fingerprint density at radius 2 is 1.66 bits per heavy atom. The zero-order chi connectivity index (χ0) is 20.4. The highest BCUT2D eigenvalue weighted by Gasteiger charge is 2.28. The number of benzene rings is 3. The van der Waals surface area contributed by atoms with Crippen molar-refractivity contribution in [3.05, 3.63) is 95.3 Å². The molecule has 1 N–H and O–H groups in total. The lowest BCUT2D eigenvalue weighted by atomic mass is 10.0. The Morgan fingerprint density at radius 3 is 2.45 bits per heavy atom. The molecule has 0 bridgehead atoms. The number of carbonyl (C=O) groups is 1. The fourth-order valence-electron chi connectivity index (χ4n) is 3.38. The topological polar surface area (TPSA) is 66.5 Å². The molecule has 5 nitrogen and oxygen atoms in total. The van der Waals surface area contributed by atoms with Gasteiger partial charge in [0.1, 0.15) is 5.82 Å². The summed E-state index contributed by atoms with van der Waals surface area (Å²) in [6.07, 6.45) is 0.642. The first-order valence-corrected chi connectivity index (χ1v) is 10.6. The Balaban J connectivity index is 1.58. The Bertz CT molecular complexity index is 1180. The van der Waals surface area contributed by atoms with Gasteiger partial charge in [-0.05, 0) is 47.9 Å². The molecule has 1 aliphatic heterocycles. The summed E-state index contributed by atoms with van der Waals surface area (Å²) in [6, 6.07) is 19.4. The van der Waals surface area contributed by atoms with Crippen molar-refractivity contribution in [2.45, 2.75) is 17.9 Å². The Kier molecular flexibility index (Phi) is 5.17. The Hall–Kier alpha value is -3.03. The maximum Gasteiger partial charge on any atom is 0.255 e. The maximum atomic E-state index is 13.8. The van der Waals surface area contributed by atoms with Crippen LogP contribution in [-0.2, 0) is 23.0 Å². The van der Waals surface area contributed by atoms with Crippen LogP contribution in [0.2, 0.25) is 0 Å². The second-order valence-electron chi connectivity index (χ2n) is 6.82. The van der Waals surface area contributed by atoms with Crippen LogP contribution < -0.4 is 5.32 Å². The molecule has 0 aromatic heterocycles. The Morgan fingerprint density at radius 1 is 0.931 bits per heavy atom. The summed E-state index contributed by atoms with van der Waals surface area (Å²) in [5.74, 6) is -1.13. The summed E-state index contributed by atoms with van der Waals surface area (Å²) in [7, 11) is -3.76. The number of para-hydroxylation sites is 1. The van der Waals surface area contributed by atoms with E-state index >= 15 is 0 Å². The standard InChI is InChI=1S/C22H19FN2O3S/c23-20-10-3-4-11-21(20)24-22(26)17-8-5-9-19(14-17)29(27,28)25-13-12-16-6-1-2-7-18(16)15-25/h1-11,14H,12-13,15H2,(H,24,26). The van der Waals surface area contributed by atoms with Gasteiger partial charge in [-0.3, -0.25) is 4.79 Å². The number of sulfonamides is 1. The first-order chi connectivity index (χ1) is 13.9. The lowest BCUT2D eigenvalue weighted by molar-refractivity contribution is 0.102. The van der Waals surface area contributed by atoms with Crippen LogP contribution in [0.15, 0.2) is 77.7 Å². The highest BCUT2D eigenvalue weighted by Crippen LogP contribution is 2.25. The molecule has 0 saturated heterocycles. The molecule has 0 unspecified atom stereocenters. The average Bonchev–Trinajstić information content (AvgIpc) is 2.75. The monoisotopic (exact) mass is 410 g/mol. The van der Waals surface area contributed by atoms with Crippen molar-refractivity contribution in [3.63, 3.8) is 0 Å². The third-order valence-electron chi connectivity index (χ3n) is 4.95. The van der Waals surface area contributed by atoms with Crippen molar-refractivity contribution in [2.24, 2.45) is 0 Å². The van der Waals surface area contributed by atoms with Gasteiger partial charge >= 0.3 is 0 Å². The second kappa shape index (κ2) is 7.77. The van der Waals surface area contributed by atoms with Crippen molar-refractivity contribution in [1.82, 2.24) is 4.31 Å². The number of nitrogens with zero attached hydrogens (tertiary/aromatic N) is 1. The molecule has 3 aromatic carbocycles. The molecule has 29 heavy (non-hydrogen) atoms. The van der Waals surface area contributed by atoms with Crippen LogP contribution in [0, 0.1) is 5.82 Å². The van der Waals surface area contributed by atoms with Gasteiger partial charge in [0.05, 0.1) is 10.6 Å². The number of hydrogen-bond donors (Lipinski definition) is 1. The SMILES string of the molecule is O=C(Nc1ccccc1F)c1cccc(S(=O)(=O)N2CCc3ccccc3C2)c1. The van der Waals surface area contributed by atoms with Gasteiger partial charge in [0.15, 0.2) is 0 Å². The number of fused-ring (bicyclic) bond motifs is 1. The molecule has 0 saturated carbocycles. The van der Waals surface area contributed by atoms with E-state index in [0.29, 0.717) is 19.5 Å². The summed E-state index contributed by atoms with van der Waals surface area (Å²) >= 11 is 0. The molecule has 0 spiro atoms. The van der Waals surface area contributed by atoms with Crippen LogP contribution in [0.4, 0.5) is 10.1 Å². The van der Waals surface area contributed by atoms with Gasteiger partial charge in [-0.25, -0.2) is 12.8 Å². The van der Waals surface area contributed by atoms with E-state index in [-0.39, 0.29) is 16.1 Å². The predicted molar refractivity (Wildman–Crippen MR) is 109 cm³/mol. The minimum absolute atomic E-state index is 0.0399. The summed E-state index contributed by atoms with van der Waals surface area (Å²) in [6.45, 7) is 0.676. The molecule has 4 rings (SSSR count). The normalized spacial score (nSPS) is 14.2. The molecule has 1 heterocycles. The summed E-state index contributed by atoms with van der Waals surface area (Å²) in [5.41, 5.74) is 2.32. The molecule has 7 heteroatoms. The van der Waals surface area contributed by atoms with Gasteiger partial charge < -0.3 is 5.32 Å². The number of nitrogens with one attached hydrogen (secondary N) is 1. The highest BCUT2D eigenvalue weighted by atomic mass is 32.2. The molecule has 1 amide bonds. The van der Waals surface area contributed by atoms with Gasteiger partial charge in [-0.2, -0.15) is 4.31 Å². The Labute approximate surface area is 168 Å². The van der Waals surface area contributed by atoms with E-state index in [4.69, 9.17) is 0 Å². The van der Waals surface area contributed by atoms with Gasteiger partial charge in [0.25, 0.3) is 5.91 Å². The third kappa shape index (κ3) is 3.92. The van der Waals surface area contributed by atoms with E-state index in [9.17, 15) is 17.6 Å². The molecular formula is C22H19FN2O3S. The summed E-state index contributed by atoms with van der Waals surface area (Å²) in [5, 5.41) is 2.48. The number of halogens is 1. The number of rotatable bonds is 4. The lowest BCUT2D eigenvalue weighted by Gasteiger charge is -2.28. The second-order valence-corrected chi connectivity index (χ2v) is 8.76. The minimum Gasteiger partial charge on any atom is -0.319 e. The van der Waals surface area contributed by atoms with E-state index in [1.165, 1.54) is 46.8 Å². The van der Waals surface area contributed by atoms with E-state index in [0.717, 1.165) is 11.1 Å². The average molecular weight is 410 g/mol. The largest absolute Gasteiger partial charge is 0.319 e. The summed E-state index contributed by atoms with van der Waals surface area (Å²) < 4.78 is 41.4. The number of anilines is 1. The van der Waals surface area contributed by atoms with Crippen LogP contribution in [-0.4, -0.2) is 25.2 Å². The smallest absolute Gasteiger partial charge is 0.255 e. The third-order valence-corrected chi connectivity index (χ3v) is 6.79. The van der Waals surface area contributed by atoms with Crippen LogP contribution >= 0.6 is 0 Å². The molecule has 0 fully saturated rings. The number of hydrogen-bond acceptors (Lipinski definition) is 3. The van der Waals surface area contributed by atoms with Gasteiger partial charge in [-0.15, -0.1) is 0 Å². The number of amides is 1. The molecular weight excluding hydrogens is 391 g/mol. The van der Waals surface area contributed by atoms with E-state index in [1.807, 2.05) is 24.3 Å². The van der Waals surface area contributed by atoms with Crippen molar-refractivity contribution < 1.29 is 17.6 Å². The van der Waals surface area contributed by atoms with Crippen LogP contribution in [0.5, 0.6) is 0 Å². The van der Waals surface area contributed by atoms with E-state index in [2.05, 4.69) is 5.32 Å². The molecule has 0 aliphatic carbocycles. The predicted octanol–water partition coefficient (Wildman–Crippen LogP) is 3.83. The maximum absolute atomic E-state index is 13.8. The fraction of sp³-hybridized carbons (Fsp3) is 0.136. The van der Waals surface area contributed by atoms with E-state index in [1.54, 1.807) is 6.07 Å². The van der Waals surface area contributed by atoms with Gasteiger partial charge in [-0.1, -0.05) is 42.5 Å². The fourth-order valence-corrected chi connectivity index (χ4v) is 4.84. The zero-order valence-electron chi connectivity index (χ0n) is 15.5. The van der Waals surface area contributed by atoms with Crippen LogP contribution in [0.1, 0.15) is 21.5 Å². The van der Waals surface area contributed by atoms with E-state index < -0.39 is 21.7 Å². The van der Waals surface area contributed by atoms with Crippen molar-refractivity contribution in [2.75, 3.05) is 11.9 Å². The van der Waals surface area contributed by atoms with Crippen molar-refractivity contribution >= 4 is 21.6 Å². The quantitative estimate of drug-likeness (QED) is 0.711. The molecule has 3 aromatic rings. The molecule has 0 radical (unpaired) electrons. The first-order valence-electron chi connectivity index (χ1n) is 9.18. The molecule has 0 atom stereocenters.